The van der Waals surface area contributed by atoms with Gasteiger partial charge < -0.3 is 10.1 Å². The Labute approximate surface area is 87.4 Å². The van der Waals surface area contributed by atoms with Gasteiger partial charge in [0, 0.05) is 11.6 Å². The van der Waals surface area contributed by atoms with E-state index in [0.717, 1.165) is 29.6 Å². The van der Waals surface area contributed by atoms with Gasteiger partial charge in [0.15, 0.2) is 0 Å². The Morgan fingerprint density at radius 3 is 3.00 bits per heavy atom. The number of rotatable bonds is 2. The number of aromatic nitrogens is 3. The molecule has 1 fully saturated rings. The van der Waals surface area contributed by atoms with Crippen molar-refractivity contribution in [2.75, 3.05) is 0 Å². The van der Waals surface area contributed by atoms with Gasteiger partial charge in [0.05, 0.1) is 11.8 Å². The Bertz CT molecular complexity index is 475. The SMILES string of the molecule is OC(c1ncnc2[nH]ccc12)C1CCC1. The highest BCUT2D eigenvalue weighted by atomic mass is 16.3. The fourth-order valence-corrected chi connectivity index (χ4v) is 2.11. The van der Waals surface area contributed by atoms with Crippen LogP contribution in [-0.2, 0) is 0 Å². The van der Waals surface area contributed by atoms with Gasteiger partial charge in [-0.15, -0.1) is 0 Å². The molecule has 0 aromatic carbocycles. The fourth-order valence-electron chi connectivity index (χ4n) is 2.11. The van der Waals surface area contributed by atoms with Crippen molar-refractivity contribution in [2.45, 2.75) is 25.4 Å². The molecular formula is C11H13N3O. The molecule has 78 valence electrons. The number of hydrogen-bond acceptors (Lipinski definition) is 3. The third-order valence-electron chi connectivity index (χ3n) is 3.26. The summed E-state index contributed by atoms with van der Waals surface area (Å²) < 4.78 is 0. The molecule has 2 aromatic rings. The van der Waals surface area contributed by atoms with Gasteiger partial charge in [0.25, 0.3) is 0 Å². The maximum absolute atomic E-state index is 10.2. The standard InChI is InChI=1S/C11H13N3O/c15-10(7-2-1-3-7)9-8-4-5-12-11(8)14-6-13-9/h4-7,10,15H,1-3H2,(H,12,13,14). The summed E-state index contributed by atoms with van der Waals surface area (Å²) in [6.45, 7) is 0. The molecule has 0 saturated heterocycles. The van der Waals surface area contributed by atoms with Gasteiger partial charge in [-0.05, 0) is 24.8 Å². The zero-order chi connectivity index (χ0) is 10.3. The van der Waals surface area contributed by atoms with E-state index in [1.807, 2.05) is 12.3 Å². The predicted octanol–water partition coefficient (Wildman–Crippen LogP) is 1.79. The molecular weight excluding hydrogens is 190 g/mol. The lowest BCUT2D eigenvalue weighted by atomic mass is 9.79. The highest BCUT2D eigenvalue weighted by molar-refractivity contribution is 5.77. The number of aromatic amines is 1. The molecule has 2 aromatic heterocycles. The molecule has 4 heteroatoms. The number of nitrogens with zero attached hydrogens (tertiary/aromatic N) is 2. The number of hydrogen-bond donors (Lipinski definition) is 2. The average molecular weight is 203 g/mol. The van der Waals surface area contributed by atoms with Crippen LogP contribution in [0.2, 0.25) is 0 Å². The van der Waals surface area contributed by atoms with Crippen LogP contribution in [0.4, 0.5) is 0 Å². The van der Waals surface area contributed by atoms with Gasteiger partial charge >= 0.3 is 0 Å². The van der Waals surface area contributed by atoms with E-state index in [1.54, 1.807) is 0 Å². The van der Waals surface area contributed by atoms with Gasteiger partial charge in [0.1, 0.15) is 12.0 Å². The Balaban J connectivity index is 2.05. The number of nitrogens with one attached hydrogen (secondary N) is 1. The zero-order valence-corrected chi connectivity index (χ0v) is 8.35. The lowest BCUT2D eigenvalue weighted by Gasteiger charge is -2.29. The number of H-pyrrole nitrogens is 1. The van der Waals surface area contributed by atoms with E-state index >= 15 is 0 Å². The van der Waals surface area contributed by atoms with Crippen LogP contribution in [0, 0.1) is 5.92 Å². The highest BCUT2D eigenvalue weighted by Crippen LogP contribution is 2.38. The summed E-state index contributed by atoms with van der Waals surface area (Å²) in [5, 5.41) is 11.1. The van der Waals surface area contributed by atoms with Crippen LogP contribution in [0.25, 0.3) is 11.0 Å². The molecule has 0 aliphatic heterocycles. The summed E-state index contributed by atoms with van der Waals surface area (Å²) in [6, 6.07) is 1.92. The van der Waals surface area contributed by atoms with Crippen molar-refractivity contribution >= 4 is 11.0 Å². The Morgan fingerprint density at radius 2 is 2.27 bits per heavy atom. The third kappa shape index (κ3) is 1.33. The summed E-state index contributed by atoms with van der Waals surface area (Å²) in [5.41, 5.74) is 1.57. The molecule has 0 bridgehead atoms. The van der Waals surface area contributed by atoms with Crippen LogP contribution in [0.3, 0.4) is 0 Å². The van der Waals surface area contributed by atoms with E-state index < -0.39 is 6.10 Å². The van der Waals surface area contributed by atoms with Crippen molar-refractivity contribution in [3.8, 4) is 0 Å². The van der Waals surface area contributed by atoms with E-state index in [1.165, 1.54) is 12.7 Å². The van der Waals surface area contributed by atoms with E-state index in [0.29, 0.717) is 5.92 Å². The van der Waals surface area contributed by atoms with Gasteiger partial charge in [-0.25, -0.2) is 9.97 Å². The molecule has 1 aliphatic rings. The smallest absolute Gasteiger partial charge is 0.141 e. The molecule has 2 N–H and O–H groups in total. The molecule has 3 rings (SSSR count). The van der Waals surface area contributed by atoms with Crippen molar-refractivity contribution in [3.63, 3.8) is 0 Å². The summed E-state index contributed by atoms with van der Waals surface area (Å²) in [5.74, 6) is 0.387. The highest BCUT2D eigenvalue weighted by Gasteiger charge is 2.28. The predicted molar refractivity (Wildman–Crippen MR) is 56.2 cm³/mol. The lowest BCUT2D eigenvalue weighted by molar-refractivity contribution is 0.0599. The van der Waals surface area contributed by atoms with E-state index in [2.05, 4.69) is 15.0 Å². The first kappa shape index (κ1) is 8.85. The third-order valence-corrected chi connectivity index (χ3v) is 3.26. The minimum atomic E-state index is -0.431. The largest absolute Gasteiger partial charge is 0.386 e. The molecule has 1 saturated carbocycles. The zero-order valence-electron chi connectivity index (χ0n) is 8.35. The van der Waals surface area contributed by atoms with E-state index in [4.69, 9.17) is 0 Å². The summed E-state index contributed by atoms with van der Waals surface area (Å²) in [4.78, 5) is 11.3. The number of fused-ring (bicyclic) bond motifs is 1. The van der Waals surface area contributed by atoms with Gasteiger partial charge in [-0.3, -0.25) is 0 Å². The van der Waals surface area contributed by atoms with Crippen molar-refractivity contribution < 1.29 is 5.11 Å². The van der Waals surface area contributed by atoms with Crippen molar-refractivity contribution in [2.24, 2.45) is 5.92 Å². The average Bonchev–Trinajstić information content (AvgIpc) is 2.61. The second-order valence-corrected chi connectivity index (χ2v) is 4.13. The van der Waals surface area contributed by atoms with Crippen molar-refractivity contribution in [1.29, 1.82) is 0 Å². The van der Waals surface area contributed by atoms with E-state index in [9.17, 15) is 5.11 Å². The second-order valence-electron chi connectivity index (χ2n) is 4.13. The summed E-state index contributed by atoms with van der Waals surface area (Å²) in [6.07, 6.45) is 6.35. The van der Waals surface area contributed by atoms with Crippen molar-refractivity contribution in [1.82, 2.24) is 15.0 Å². The quantitative estimate of drug-likeness (QED) is 0.782. The molecule has 0 amide bonds. The molecule has 2 heterocycles. The van der Waals surface area contributed by atoms with Gasteiger partial charge in [-0.2, -0.15) is 0 Å². The molecule has 0 spiro atoms. The Kier molecular flexibility index (Phi) is 1.95. The molecule has 1 atom stereocenters. The van der Waals surface area contributed by atoms with E-state index in [-0.39, 0.29) is 0 Å². The first-order valence-corrected chi connectivity index (χ1v) is 5.32. The fraction of sp³-hybridized carbons (Fsp3) is 0.455. The maximum Gasteiger partial charge on any atom is 0.141 e. The Hall–Kier alpha value is -1.42. The van der Waals surface area contributed by atoms with Crippen LogP contribution >= 0.6 is 0 Å². The van der Waals surface area contributed by atoms with Crippen LogP contribution < -0.4 is 0 Å². The molecule has 0 radical (unpaired) electrons. The minimum Gasteiger partial charge on any atom is -0.386 e. The minimum absolute atomic E-state index is 0.387. The maximum atomic E-state index is 10.2. The van der Waals surface area contributed by atoms with Crippen LogP contribution in [0.5, 0.6) is 0 Å². The Morgan fingerprint density at radius 1 is 1.40 bits per heavy atom. The monoisotopic (exact) mass is 203 g/mol. The normalized spacial score (nSPS) is 19.0. The molecule has 15 heavy (non-hydrogen) atoms. The van der Waals surface area contributed by atoms with Crippen LogP contribution in [0.1, 0.15) is 31.1 Å². The number of aliphatic hydroxyl groups is 1. The van der Waals surface area contributed by atoms with Gasteiger partial charge in [-0.1, -0.05) is 6.42 Å². The summed E-state index contributed by atoms with van der Waals surface area (Å²) in [7, 11) is 0. The second kappa shape index (κ2) is 3.31. The van der Waals surface area contributed by atoms with Gasteiger partial charge in [0.2, 0.25) is 0 Å². The molecule has 1 unspecified atom stereocenters. The first-order chi connectivity index (χ1) is 7.36. The topological polar surface area (TPSA) is 61.8 Å². The molecule has 4 nitrogen and oxygen atoms in total. The first-order valence-electron chi connectivity index (χ1n) is 5.32. The molecule has 1 aliphatic carbocycles. The number of aliphatic hydroxyl groups excluding tert-OH is 1. The van der Waals surface area contributed by atoms with Crippen molar-refractivity contribution in [3.05, 3.63) is 24.3 Å². The summed E-state index contributed by atoms with van der Waals surface area (Å²) >= 11 is 0. The van der Waals surface area contributed by atoms with Crippen LogP contribution in [0.15, 0.2) is 18.6 Å². The van der Waals surface area contributed by atoms with Crippen LogP contribution in [-0.4, -0.2) is 20.1 Å². The lowest BCUT2D eigenvalue weighted by Crippen LogP contribution is -2.21.